The number of carbonyl (C=O) groups is 1. The average molecular weight is 341 g/mol. The van der Waals surface area contributed by atoms with Crippen molar-refractivity contribution in [3.05, 3.63) is 48.3 Å². The molecule has 6 nitrogen and oxygen atoms in total. The monoisotopic (exact) mass is 341 g/mol. The van der Waals surface area contributed by atoms with Crippen molar-refractivity contribution < 1.29 is 4.79 Å². The number of amides is 1. The number of nitrogens with zero attached hydrogens (tertiary/aromatic N) is 4. The van der Waals surface area contributed by atoms with E-state index in [1.807, 2.05) is 62.4 Å². The van der Waals surface area contributed by atoms with Crippen LogP contribution in [0.1, 0.15) is 18.4 Å². The van der Waals surface area contributed by atoms with Gasteiger partial charge < -0.3 is 10.2 Å². The molecule has 1 N–H and O–H groups in total. The second-order valence-electron chi connectivity index (χ2n) is 7.07. The highest BCUT2D eigenvalue weighted by atomic mass is 16.2. The number of aryl methyl sites for hydroxylation is 1. The molecular weight excluding hydrogens is 314 g/mol. The SMILES string of the molecule is CN(C)C(=O)C1(Nc2ccccc2)CCN(Cc2cnn(C)c2)CC1. The zero-order chi connectivity index (χ0) is 17.9. The number of para-hydroxylation sites is 1. The molecule has 0 unspecified atom stereocenters. The largest absolute Gasteiger partial charge is 0.371 e. The van der Waals surface area contributed by atoms with Crippen LogP contribution >= 0.6 is 0 Å². The molecule has 6 heteroatoms. The summed E-state index contributed by atoms with van der Waals surface area (Å²) in [6, 6.07) is 10.0. The molecule has 0 bridgehead atoms. The zero-order valence-corrected chi connectivity index (χ0v) is 15.3. The van der Waals surface area contributed by atoms with Crippen molar-refractivity contribution in [1.29, 1.82) is 0 Å². The fourth-order valence-electron chi connectivity index (χ4n) is 3.52. The Morgan fingerprint density at radius 1 is 1.24 bits per heavy atom. The molecule has 1 aromatic carbocycles. The highest BCUT2D eigenvalue weighted by Crippen LogP contribution is 2.29. The molecular formula is C19H27N5O. The van der Waals surface area contributed by atoms with Gasteiger partial charge in [0.2, 0.25) is 5.91 Å². The van der Waals surface area contributed by atoms with Crippen molar-refractivity contribution in [3.63, 3.8) is 0 Å². The number of hydrogen-bond donors (Lipinski definition) is 1. The standard InChI is InChI=1S/C19H27N5O/c1-22(2)18(25)19(21-17-7-5-4-6-8-17)9-11-24(12-10-19)15-16-13-20-23(3)14-16/h4-8,13-14,21H,9-12,15H2,1-3H3. The Kier molecular flexibility index (Phi) is 5.08. The lowest BCUT2D eigenvalue weighted by Crippen LogP contribution is -2.57. The molecule has 0 atom stereocenters. The Labute approximate surface area is 149 Å². The Morgan fingerprint density at radius 3 is 2.48 bits per heavy atom. The fraction of sp³-hybridized carbons (Fsp3) is 0.474. The van der Waals surface area contributed by atoms with Gasteiger partial charge in [-0.25, -0.2) is 0 Å². The van der Waals surface area contributed by atoms with Gasteiger partial charge >= 0.3 is 0 Å². The summed E-state index contributed by atoms with van der Waals surface area (Å²) >= 11 is 0. The van der Waals surface area contributed by atoms with Gasteiger partial charge in [-0.1, -0.05) is 18.2 Å². The molecule has 1 saturated heterocycles. The number of likely N-dealkylation sites (tertiary alicyclic amines) is 1. The van der Waals surface area contributed by atoms with E-state index in [2.05, 4.69) is 21.5 Å². The van der Waals surface area contributed by atoms with Gasteiger partial charge in [0.15, 0.2) is 0 Å². The van der Waals surface area contributed by atoms with Gasteiger partial charge in [0.1, 0.15) is 5.54 Å². The van der Waals surface area contributed by atoms with Crippen molar-refractivity contribution in [2.75, 3.05) is 32.5 Å². The number of nitrogens with one attached hydrogen (secondary N) is 1. The number of rotatable bonds is 5. The van der Waals surface area contributed by atoms with Crippen molar-refractivity contribution in [1.82, 2.24) is 19.6 Å². The summed E-state index contributed by atoms with van der Waals surface area (Å²) in [7, 11) is 5.60. The first-order valence-corrected chi connectivity index (χ1v) is 8.73. The zero-order valence-electron chi connectivity index (χ0n) is 15.3. The van der Waals surface area contributed by atoms with E-state index in [1.54, 1.807) is 4.90 Å². The molecule has 0 spiro atoms. The van der Waals surface area contributed by atoms with Crippen LogP contribution in [0.15, 0.2) is 42.7 Å². The summed E-state index contributed by atoms with van der Waals surface area (Å²) in [5, 5.41) is 7.76. The van der Waals surface area contributed by atoms with E-state index >= 15 is 0 Å². The van der Waals surface area contributed by atoms with Crippen molar-refractivity contribution in [3.8, 4) is 0 Å². The predicted molar refractivity (Wildman–Crippen MR) is 99.2 cm³/mol. The highest BCUT2D eigenvalue weighted by molar-refractivity contribution is 5.89. The van der Waals surface area contributed by atoms with Gasteiger partial charge in [-0.15, -0.1) is 0 Å². The number of carbonyl (C=O) groups excluding carboxylic acids is 1. The van der Waals surface area contributed by atoms with E-state index in [-0.39, 0.29) is 5.91 Å². The molecule has 1 amide bonds. The minimum atomic E-state index is -0.531. The van der Waals surface area contributed by atoms with E-state index in [0.717, 1.165) is 38.2 Å². The lowest BCUT2D eigenvalue weighted by Gasteiger charge is -2.43. The average Bonchev–Trinajstić information content (AvgIpc) is 3.02. The van der Waals surface area contributed by atoms with Gasteiger partial charge in [0.25, 0.3) is 0 Å². The summed E-state index contributed by atoms with van der Waals surface area (Å²) < 4.78 is 1.83. The molecule has 1 aromatic heterocycles. The van der Waals surface area contributed by atoms with Crippen LogP contribution in [0, 0.1) is 0 Å². The number of aromatic nitrogens is 2. The number of benzene rings is 1. The Balaban J connectivity index is 1.71. The molecule has 0 aliphatic carbocycles. The lowest BCUT2D eigenvalue weighted by molar-refractivity contribution is -0.135. The van der Waals surface area contributed by atoms with Crippen molar-refractivity contribution >= 4 is 11.6 Å². The number of piperidine rings is 1. The first kappa shape index (κ1) is 17.5. The van der Waals surface area contributed by atoms with Crippen LogP contribution in [-0.4, -0.2) is 58.2 Å². The van der Waals surface area contributed by atoms with Crippen LogP contribution < -0.4 is 5.32 Å². The summed E-state index contributed by atoms with van der Waals surface area (Å²) in [5.74, 6) is 0.150. The van der Waals surface area contributed by atoms with Crippen LogP contribution in [0.4, 0.5) is 5.69 Å². The lowest BCUT2D eigenvalue weighted by atomic mass is 9.85. The van der Waals surface area contributed by atoms with Crippen LogP contribution in [0.5, 0.6) is 0 Å². The Morgan fingerprint density at radius 2 is 1.92 bits per heavy atom. The second-order valence-corrected chi connectivity index (χ2v) is 7.07. The third-order valence-corrected chi connectivity index (χ3v) is 4.85. The third kappa shape index (κ3) is 4.02. The molecule has 0 saturated carbocycles. The predicted octanol–water partition coefficient (Wildman–Crippen LogP) is 1.95. The maximum Gasteiger partial charge on any atom is 0.247 e. The maximum absolute atomic E-state index is 12.9. The van der Waals surface area contributed by atoms with E-state index in [0.29, 0.717) is 0 Å². The minimum Gasteiger partial charge on any atom is -0.371 e. The molecule has 1 aliphatic rings. The molecule has 134 valence electrons. The summed E-state index contributed by atoms with van der Waals surface area (Å²) in [5.41, 5.74) is 1.68. The Bertz CT molecular complexity index is 702. The fourth-order valence-corrected chi connectivity index (χ4v) is 3.52. The smallest absolute Gasteiger partial charge is 0.247 e. The van der Waals surface area contributed by atoms with Gasteiger partial charge in [-0.05, 0) is 25.0 Å². The van der Waals surface area contributed by atoms with E-state index in [4.69, 9.17) is 0 Å². The summed E-state index contributed by atoms with van der Waals surface area (Å²) in [4.78, 5) is 17.0. The molecule has 0 radical (unpaired) electrons. The van der Waals surface area contributed by atoms with E-state index in [1.165, 1.54) is 5.56 Å². The van der Waals surface area contributed by atoms with Crippen LogP contribution in [0.3, 0.4) is 0 Å². The Hall–Kier alpha value is -2.34. The molecule has 2 heterocycles. The molecule has 25 heavy (non-hydrogen) atoms. The number of anilines is 1. The molecule has 2 aromatic rings. The van der Waals surface area contributed by atoms with E-state index < -0.39 is 5.54 Å². The quantitative estimate of drug-likeness (QED) is 0.903. The van der Waals surface area contributed by atoms with Gasteiger partial charge in [-0.2, -0.15) is 5.10 Å². The number of hydrogen-bond acceptors (Lipinski definition) is 4. The summed E-state index contributed by atoms with van der Waals surface area (Å²) in [6.45, 7) is 2.65. The molecule has 1 fully saturated rings. The second kappa shape index (κ2) is 7.27. The third-order valence-electron chi connectivity index (χ3n) is 4.85. The first-order valence-electron chi connectivity index (χ1n) is 8.73. The summed E-state index contributed by atoms with van der Waals surface area (Å²) in [6.07, 6.45) is 5.54. The van der Waals surface area contributed by atoms with Gasteiger partial charge in [0, 0.05) is 58.2 Å². The van der Waals surface area contributed by atoms with Crippen LogP contribution in [0.25, 0.3) is 0 Å². The highest BCUT2D eigenvalue weighted by Gasteiger charge is 2.42. The van der Waals surface area contributed by atoms with Crippen LogP contribution in [-0.2, 0) is 18.4 Å². The van der Waals surface area contributed by atoms with Gasteiger partial charge in [0.05, 0.1) is 6.20 Å². The molecule has 1 aliphatic heterocycles. The van der Waals surface area contributed by atoms with Crippen molar-refractivity contribution in [2.24, 2.45) is 7.05 Å². The minimum absolute atomic E-state index is 0.150. The first-order chi connectivity index (χ1) is 12.0. The molecule has 3 rings (SSSR count). The van der Waals surface area contributed by atoms with E-state index in [9.17, 15) is 4.79 Å². The van der Waals surface area contributed by atoms with Crippen LogP contribution in [0.2, 0.25) is 0 Å². The van der Waals surface area contributed by atoms with Gasteiger partial charge in [-0.3, -0.25) is 14.4 Å². The van der Waals surface area contributed by atoms with Crippen molar-refractivity contribution in [2.45, 2.75) is 24.9 Å². The normalized spacial score (nSPS) is 17.2. The topological polar surface area (TPSA) is 53.4 Å². The maximum atomic E-state index is 12.9. The number of likely N-dealkylation sites (N-methyl/N-ethyl adjacent to an activating group) is 1.